The molecule has 146 valence electrons. The van der Waals surface area contributed by atoms with Crippen LogP contribution in [0.25, 0.3) is 0 Å². The Kier molecular flexibility index (Phi) is 8.25. The molecular weight excluding hydrogens is 348 g/mol. The highest BCUT2D eigenvalue weighted by molar-refractivity contribution is 5.95. The summed E-state index contributed by atoms with van der Waals surface area (Å²) < 4.78 is 21.4. The number of carbonyl (C=O) groups is 1. The first-order valence-corrected chi connectivity index (χ1v) is 8.73. The fraction of sp³-hybridized carbons (Fsp3) is 0.350. The van der Waals surface area contributed by atoms with Crippen LogP contribution in [0.5, 0.6) is 17.2 Å². The highest BCUT2D eigenvalue weighted by Gasteiger charge is 2.10. The molecule has 1 amide bonds. The predicted molar refractivity (Wildman–Crippen MR) is 105 cm³/mol. The summed E-state index contributed by atoms with van der Waals surface area (Å²) in [5.74, 6) is 1.69. The third-order valence-corrected chi connectivity index (χ3v) is 3.70. The van der Waals surface area contributed by atoms with Crippen molar-refractivity contribution >= 4 is 17.3 Å². The largest absolute Gasteiger partial charge is 0.497 e. The lowest BCUT2D eigenvalue weighted by Gasteiger charge is -2.14. The minimum Gasteiger partial charge on any atom is -0.497 e. The third kappa shape index (κ3) is 6.38. The van der Waals surface area contributed by atoms with Gasteiger partial charge in [0.15, 0.2) is 0 Å². The smallest absolute Gasteiger partial charge is 0.243 e. The van der Waals surface area contributed by atoms with E-state index < -0.39 is 0 Å². The van der Waals surface area contributed by atoms with Crippen molar-refractivity contribution in [1.82, 2.24) is 0 Å². The third-order valence-electron chi connectivity index (χ3n) is 3.70. The lowest BCUT2D eigenvalue weighted by Crippen LogP contribution is -2.22. The molecule has 0 unspecified atom stereocenters. The first-order valence-electron chi connectivity index (χ1n) is 8.73. The number of anilines is 2. The number of carbonyl (C=O) groups excluding carboxylic acids is 1. The fourth-order valence-corrected chi connectivity index (χ4v) is 2.37. The Morgan fingerprint density at radius 1 is 0.963 bits per heavy atom. The van der Waals surface area contributed by atoms with Crippen LogP contribution in [0.4, 0.5) is 11.4 Å². The van der Waals surface area contributed by atoms with E-state index in [1.807, 2.05) is 19.1 Å². The van der Waals surface area contributed by atoms with Crippen LogP contribution in [-0.2, 0) is 9.53 Å². The van der Waals surface area contributed by atoms with Crippen LogP contribution in [0.15, 0.2) is 42.5 Å². The van der Waals surface area contributed by atoms with E-state index in [0.717, 1.165) is 0 Å². The topological polar surface area (TPSA) is 78.1 Å². The maximum absolute atomic E-state index is 12.3. The number of para-hydroxylation sites is 2. The van der Waals surface area contributed by atoms with Crippen molar-refractivity contribution in [2.24, 2.45) is 0 Å². The van der Waals surface area contributed by atoms with Gasteiger partial charge in [0.1, 0.15) is 23.9 Å². The number of ether oxygens (including phenoxy) is 4. The molecule has 7 heteroatoms. The molecule has 0 saturated heterocycles. The Balaban J connectivity index is 1.94. The molecule has 0 bridgehead atoms. The van der Waals surface area contributed by atoms with Crippen molar-refractivity contribution in [1.29, 1.82) is 0 Å². The van der Waals surface area contributed by atoms with Crippen LogP contribution in [0.3, 0.4) is 0 Å². The van der Waals surface area contributed by atoms with Gasteiger partial charge in [-0.1, -0.05) is 12.1 Å². The summed E-state index contributed by atoms with van der Waals surface area (Å²) in [7, 11) is 3.16. The van der Waals surface area contributed by atoms with Gasteiger partial charge in [0.25, 0.3) is 0 Å². The summed E-state index contributed by atoms with van der Waals surface area (Å²) in [6, 6.07) is 12.6. The highest BCUT2D eigenvalue weighted by atomic mass is 16.5. The number of rotatable bonds is 11. The molecule has 0 aromatic heterocycles. The molecule has 0 aliphatic rings. The van der Waals surface area contributed by atoms with Crippen molar-refractivity contribution in [3.63, 3.8) is 0 Å². The lowest BCUT2D eigenvalue weighted by atomic mass is 10.2. The monoisotopic (exact) mass is 374 g/mol. The molecule has 27 heavy (non-hydrogen) atoms. The number of amides is 1. The van der Waals surface area contributed by atoms with Crippen molar-refractivity contribution in [2.75, 3.05) is 51.2 Å². The van der Waals surface area contributed by atoms with E-state index in [4.69, 9.17) is 18.9 Å². The second-order valence-corrected chi connectivity index (χ2v) is 5.51. The number of nitrogens with one attached hydrogen (secondary N) is 2. The fourth-order valence-electron chi connectivity index (χ4n) is 2.37. The molecule has 0 atom stereocenters. The standard InChI is InChI=1S/C20H26N2O5/c1-4-26-11-12-27-19-8-6-5-7-16(19)22-20(23)14-21-17-13-15(24-2)9-10-18(17)25-3/h5-10,13,21H,4,11-12,14H2,1-3H3,(H,22,23). The molecular formula is C20H26N2O5. The zero-order valence-corrected chi connectivity index (χ0v) is 15.9. The van der Waals surface area contributed by atoms with Gasteiger partial charge in [-0.15, -0.1) is 0 Å². The first-order chi connectivity index (χ1) is 13.2. The average Bonchev–Trinajstić information content (AvgIpc) is 2.70. The molecule has 0 spiro atoms. The quantitative estimate of drug-likeness (QED) is 0.588. The van der Waals surface area contributed by atoms with Crippen LogP contribution < -0.4 is 24.8 Å². The normalized spacial score (nSPS) is 10.2. The van der Waals surface area contributed by atoms with Gasteiger partial charge < -0.3 is 29.6 Å². The van der Waals surface area contributed by atoms with Gasteiger partial charge in [0.05, 0.1) is 38.7 Å². The minimum absolute atomic E-state index is 0.0663. The molecule has 2 aromatic rings. The molecule has 0 fully saturated rings. The van der Waals surface area contributed by atoms with Gasteiger partial charge in [-0.3, -0.25) is 4.79 Å². The van der Waals surface area contributed by atoms with Gasteiger partial charge >= 0.3 is 0 Å². The zero-order chi connectivity index (χ0) is 19.5. The van der Waals surface area contributed by atoms with Crippen molar-refractivity contribution in [2.45, 2.75) is 6.92 Å². The van der Waals surface area contributed by atoms with Gasteiger partial charge in [-0.25, -0.2) is 0 Å². The molecule has 2 aromatic carbocycles. The second kappa shape index (κ2) is 10.9. The maximum Gasteiger partial charge on any atom is 0.243 e. The van der Waals surface area contributed by atoms with Gasteiger partial charge in [0.2, 0.25) is 5.91 Å². The van der Waals surface area contributed by atoms with E-state index in [0.29, 0.717) is 48.4 Å². The molecule has 7 nitrogen and oxygen atoms in total. The summed E-state index contributed by atoms with van der Waals surface area (Å²) in [5, 5.41) is 5.91. The van der Waals surface area contributed by atoms with Crippen LogP contribution in [0.2, 0.25) is 0 Å². The Bertz CT molecular complexity index is 736. The molecule has 0 heterocycles. The Morgan fingerprint density at radius 2 is 1.78 bits per heavy atom. The van der Waals surface area contributed by atoms with Crippen molar-refractivity contribution < 1.29 is 23.7 Å². The zero-order valence-electron chi connectivity index (χ0n) is 15.9. The number of methoxy groups -OCH3 is 2. The molecule has 2 N–H and O–H groups in total. The van der Waals surface area contributed by atoms with E-state index in [-0.39, 0.29) is 12.5 Å². The summed E-state index contributed by atoms with van der Waals surface area (Å²) in [6.07, 6.45) is 0. The lowest BCUT2D eigenvalue weighted by molar-refractivity contribution is -0.114. The number of hydrogen-bond acceptors (Lipinski definition) is 6. The van der Waals surface area contributed by atoms with Crippen LogP contribution in [-0.4, -0.2) is 46.5 Å². The Morgan fingerprint density at radius 3 is 2.52 bits per heavy atom. The van der Waals surface area contributed by atoms with E-state index in [1.54, 1.807) is 44.6 Å². The molecule has 2 rings (SSSR count). The molecule has 0 radical (unpaired) electrons. The van der Waals surface area contributed by atoms with E-state index in [2.05, 4.69) is 10.6 Å². The molecule has 0 aliphatic heterocycles. The number of hydrogen-bond donors (Lipinski definition) is 2. The van der Waals surface area contributed by atoms with Gasteiger partial charge in [-0.2, -0.15) is 0 Å². The SMILES string of the molecule is CCOCCOc1ccccc1NC(=O)CNc1cc(OC)ccc1OC. The van der Waals surface area contributed by atoms with E-state index in [1.165, 1.54) is 0 Å². The maximum atomic E-state index is 12.3. The number of benzene rings is 2. The Labute approximate surface area is 159 Å². The minimum atomic E-state index is -0.208. The van der Waals surface area contributed by atoms with E-state index in [9.17, 15) is 4.79 Å². The molecule has 0 aliphatic carbocycles. The van der Waals surface area contributed by atoms with Crippen LogP contribution >= 0.6 is 0 Å². The van der Waals surface area contributed by atoms with Gasteiger partial charge in [-0.05, 0) is 31.2 Å². The summed E-state index contributed by atoms with van der Waals surface area (Å²) in [4.78, 5) is 12.3. The van der Waals surface area contributed by atoms with Crippen LogP contribution in [0.1, 0.15) is 6.92 Å². The van der Waals surface area contributed by atoms with Gasteiger partial charge in [0, 0.05) is 12.7 Å². The second-order valence-electron chi connectivity index (χ2n) is 5.51. The summed E-state index contributed by atoms with van der Waals surface area (Å²) >= 11 is 0. The predicted octanol–water partition coefficient (Wildman–Crippen LogP) is 3.17. The first kappa shape index (κ1) is 20.4. The van der Waals surface area contributed by atoms with E-state index >= 15 is 0 Å². The average molecular weight is 374 g/mol. The molecule has 0 saturated carbocycles. The van der Waals surface area contributed by atoms with Crippen molar-refractivity contribution in [3.05, 3.63) is 42.5 Å². The van der Waals surface area contributed by atoms with Crippen LogP contribution in [0, 0.1) is 0 Å². The summed E-state index contributed by atoms with van der Waals surface area (Å²) in [6.45, 7) is 3.55. The highest BCUT2D eigenvalue weighted by Crippen LogP contribution is 2.29. The summed E-state index contributed by atoms with van der Waals surface area (Å²) in [5.41, 5.74) is 1.28. The Hall–Kier alpha value is -2.93. The van der Waals surface area contributed by atoms with Crippen molar-refractivity contribution in [3.8, 4) is 17.2 Å².